The second-order valence-electron chi connectivity index (χ2n) is 2.96. The molecule has 0 radical (unpaired) electrons. The molecule has 0 amide bonds. The number of rotatable bonds is 4. The molecular weight excluding hydrogens is 196 g/mol. The molecule has 6 nitrogen and oxygen atoms in total. The van der Waals surface area contributed by atoms with Crippen LogP contribution < -0.4 is 10.5 Å². The first-order chi connectivity index (χ1) is 7.17. The lowest BCUT2D eigenvalue weighted by Gasteiger charge is -2.05. The predicted octanol–water partition coefficient (Wildman–Crippen LogP) is 0.473. The van der Waals surface area contributed by atoms with E-state index in [9.17, 15) is 0 Å². The molecule has 15 heavy (non-hydrogen) atoms. The van der Waals surface area contributed by atoms with E-state index in [0.29, 0.717) is 19.0 Å². The van der Waals surface area contributed by atoms with Gasteiger partial charge in [-0.3, -0.25) is 0 Å². The van der Waals surface area contributed by atoms with Crippen molar-refractivity contribution in [1.29, 1.82) is 0 Å². The molecule has 0 aromatic carbocycles. The van der Waals surface area contributed by atoms with E-state index < -0.39 is 0 Å². The third-order valence-electron chi connectivity index (χ3n) is 1.83. The Morgan fingerprint density at radius 1 is 1.67 bits per heavy atom. The summed E-state index contributed by atoms with van der Waals surface area (Å²) < 4.78 is 5.14. The molecule has 1 aromatic rings. The predicted molar refractivity (Wildman–Crippen MR) is 55.1 cm³/mol. The molecule has 1 heterocycles. The summed E-state index contributed by atoms with van der Waals surface area (Å²) >= 11 is 0. The molecular formula is C9H14N4O2. The Morgan fingerprint density at radius 3 is 2.93 bits per heavy atom. The SMILES string of the molecule is CCOc1ncc(C/C(N)=N/O)c(C)n1. The molecule has 1 aromatic heterocycles. The van der Waals surface area contributed by atoms with Gasteiger partial charge in [0.05, 0.1) is 6.61 Å². The number of hydrogen-bond acceptors (Lipinski definition) is 5. The summed E-state index contributed by atoms with van der Waals surface area (Å²) in [7, 11) is 0. The Kier molecular flexibility index (Phi) is 3.84. The minimum Gasteiger partial charge on any atom is -0.464 e. The fourth-order valence-electron chi connectivity index (χ4n) is 1.07. The Labute approximate surface area is 87.8 Å². The van der Waals surface area contributed by atoms with Crippen LogP contribution in [0.1, 0.15) is 18.2 Å². The highest BCUT2D eigenvalue weighted by molar-refractivity contribution is 5.82. The van der Waals surface area contributed by atoms with Gasteiger partial charge in [-0.2, -0.15) is 0 Å². The van der Waals surface area contributed by atoms with Gasteiger partial charge in [-0.25, -0.2) is 9.97 Å². The number of nitrogens with two attached hydrogens (primary N) is 1. The number of ether oxygens (including phenoxy) is 1. The first kappa shape index (κ1) is 11.2. The summed E-state index contributed by atoms with van der Waals surface area (Å²) in [6.45, 7) is 4.21. The van der Waals surface area contributed by atoms with E-state index in [1.165, 1.54) is 0 Å². The summed E-state index contributed by atoms with van der Waals surface area (Å²) in [4.78, 5) is 8.12. The van der Waals surface area contributed by atoms with E-state index in [1.54, 1.807) is 6.20 Å². The van der Waals surface area contributed by atoms with Gasteiger partial charge >= 0.3 is 6.01 Å². The second-order valence-corrected chi connectivity index (χ2v) is 2.96. The fourth-order valence-corrected chi connectivity index (χ4v) is 1.07. The van der Waals surface area contributed by atoms with Crippen LogP contribution in [0.2, 0.25) is 0 Å². The summed E-state index contributed by atoms with van der Waals surface area (Å²) in [5, 5.41) is 11.3. The maximum Gasteiger partial charge on any atom is 0.316 e. The van der Waals surface area contributed by atoms with Crippen molar-refractivity contribution < 1.29 is 9.94 Å². The second kappa shape index (κ2) is 5.14. The van der Waals surface area contributed by atoms with E-state index in [0.717, 1.165) is 11.3 Å². The maximum atomic E-state index is 8.42. The van der Waals surface area contributed by atoms with E-state index in [-0.39, 0.29) is 5.84 Å². The number of oxime groups is 1. The average molecular weight is 210 g/mol. The molecule has 0 aliphatic heterocycles. The highest BCUT2D eigenvalue weighted by Gasteiger charge is 2.05. The van der Waals surface area contributed by atoms with E-state index in [2.05, 4.69) is 15.1 Å². The standard InChI is InChI=1S/C9H14N4O2/c1-3-15-9-11-5-7(6(2)12-9)4-8(10)13-14/h5,14H,3-4H2,1-2H3,(H2,10,13). The summed E-state index contributed by atoms with van der Waals surface area (Å²) in [5.41, 5.74) is 6.96. The number of hydrogen-bond donors (Lipinski definition) is 2. The van der Waals surface area contributed by atoms with Crippen molar-refractivity contribution >= 4 is 5.84 Å². The van der Waals surface area contributed by atoms with Crippen molar-refractivity contribution in [3.05, 3.63) is 17.5 Å². The molecule has 0 aliphatic carbocycles. The van der Waals surface area contributed by atoms with Gasteiger partial charge in [0.25, 0.3) is 0 Å². The van der Waals surface area contributed by atoms with E-state index in [1.807, 2.05) is 13.8 Å². The third-order valence-corrected chi connectivity index (χ3v) is 1.83. The van der Waals surface area contributed by atoms with Gasteiger partial charge in [0.2, 0.25) is 0 Å². The van der Waals surface area contributed by atoms with Crippen LogP contribution in [-0.2, 0) is 6.42 Å². The maximum absolute atomic E-state index is 8.42. The van der Waals surface area contributed by atoms with Crippen molar-refractivity contribution in [2.24, 2.45) is 10.9 Å². The molecule has 6 heteroatoms. The largest absolute Gasteiger partial charge is 0.464 e. The van der Waals surface area contributed by atoms with Crippen LogP contribution in [0.3, 0.4) is 0 Å². The molecule has 0 atom stereocenters. The Balaban J connectivity index is 2.83. The lowest BCUT2D eigenvalue weighted by Crippen LogP contribution is -2.16. The first-order valence-electron chi connectivity index (χ1n) is 4.59. The summed E-state index contributed by atoms with van der Waals surface area (Å²) in [6, 6.07) is 0.346. The highest BCUT2D eigenvalue weighted by atomic mass is 16.5. The van der Waals surface area contributed by atoms with Gasteiger partial charge in [-0.05, 0) is 19.4 Å². The van der Waals surface area contributed by atoms with E-state index >= 15 is 0 Å². The van der Waals surface area contributed by atoms with Crippen LogP contribution in [0.25, 0.3) is 0 Å². The smallest absolute Gasteiger partial charge is 0.316 e. The van der Waals surface area contributed by atoms with Crippen LogP contribution >= 0.6 is 0 Å². The summed E-state index contributed by atoms with van der Waals surface area (Å²) in [6.07, 6.45) is 1.94. The Bertz CT molecular complexity index is 365. The van der Waals surface area contributed by atoms with Gasteiger partial charge in [0.1, 0.15) is 5.84 Å². The monoisotopic (exact) mass is 210 g/mol. The van der Waals surface area contributed by atoms with Crippen LogP contribution in [0.5, 0.6) is 6.01 Å². The van der Waals surface area contributed by atoms with Crippen LogP contribution in [-0.4, -0.2) is 27.6 Å². The Morgan fingerprint density at radius 2 is 2.40 bits per heavy atom. The molecule has 0 saturated carbocycles. The van der Waals surface area contributed by atoms with Gasteiger partial charge < -0.3 is 15.7 Å². The third kappa shape index (κ3) is 3.08. The molecule has 1 rings (SSSR count). The van der Waals surface area contributed by atoms with Crippen LogP contribution in [0, 0.1) is 6.92 Å². The average Bonchev–Trinajstić information content (AvgIpc) is 2.22. The van der Waals surface area contributed by atoms with Crippen LogP contribution in [0.4, 0.5) is 0 Å². The van der Waals surface area contributed by atoms with E-state index in [4.69, 9.17) is 15.7 Å². The van der Waals surface area contributed by atoms with Crippen molar-refractivity contribution in [2.75, 3.05) is 6.61 Å². The molecule has 0 aliphatic rings. The topological polar surface area (TPSA) is 93.6 Å². The number of amidine groups is 1. The van der Waals surface area contributed by atoms with Crippen molar-refractivity contribution in [3.63, 3.8) is 0 Å². The van der Waals surface area contributed by atoms with Gasteiger partial charge in [-0.15, -0.1) is 0 Å². The molecule has 82 valence electrons. The minimum atomic E-state index is 0.130. The van der Waals surface area contributed by atoms with Crippen molar-refractivity contribution in [3.8, 4) is 6.01 Å². The molecule has 0 spiro atoms. The minimum absolute atomic E-state index is 0.130. The van der Waals surface area contributed by atoms with Crippen molar-refractivity contribution in [1.82, 2.24) is 9.97 Å². The molecule has 3 N–H and O–H groups in total. The molecule has 0 saturated heterocycles. The first-order valence-corrected chi connectivity index (χ1v) is 4.59. The lowest BCUT2D eigenvalue weighted by atomic mass is 10.2. The zero-order chi connectivity index (χ0) is 11.3. The Hall–Kier alpha value is -1.85. The van der Waals surface area contributed by atoms with Gasteiger partial charge in [-0.1, -0.05) is 5.16 Å². The molecule has 0 fully saturated rings. The normalized spacial score (nSPS) is 11.5. The van der Waals surface area contributed by atoms with Gasteiger partial charge in [0, 0.05) is 18.3 Å². The number of aryl methyl sites for hydroxylation is 1. The number of nitrogens with zero attached hydrogens (tertiary/aromatic N) is 3. The zero-order valence-corrected chi connectivity index (χ0v) is 8.77. The molecule has 0 unspecified atom stereocenters. The zero-order valence-electron chi connectivity index (χ0n) is 8.77. The fraction of sp³-hybridized carbons (Fsp3) is 0.444. The number of aromatic nitrogens is 2. The van der Waals surface area contributed by atoms with Gasteiger partial charge in [0.15, 0.2) is 0 Å². The molecule has 0 bridgehead atoms. The highest BCUT2D eigenvalue weighted by Crippen LogP contribution is 2.09. The van der Waals surface area contributed by atoms with Crippen LogP contribution in [0.15, 0.2) is 11.4 Å². The van der Waals surface area contributed by atoms with Crippen molar-refractivity contribution in [2.45, 2.75) is 20.3 Å². The summed E-state index contributed by atoms with van der Waals surface area (Å²) in [5.74, 6) is 0.130. The quantitative estimate of drug-likeness (QED) is 0.326. The lowest BCUT2D eigenvalue weighted by molar-refractivity contribution is 0.311.